The third-order valence-corrected chi connectivity index (χ3v) is 4.18. The molecule has 1 aromatic carbocycles. The molecule has 1 aliphatic rings. The molecule has 1 fully saturated rings. The van der Waals surface area contributed by atoms with Crippen LogP contribution >= 0.6 is 11.6 Å². The predicted molar refractivity (Wildman–Crippen MR) is 87.8 cm³/mol. The number of carbonyl (C=O) groups excluding carboxylic acids is 2. The zero-order chi connectivity index (χ0) is 15.8. The average molecular weight is 323 g/mol. The average Bonchev–Trinajstić information content (AvgIpc) is 2.52. The van der Waals surface area contributed by atoms with E-state index in [9.17, 15) is 9.59 Å². The van der Waals surface area contributed by atoms with Gasteiger partial charge in [0.15, 0.2) is 0 Å². The molecule has 2 N–H and O–H groups in total. The Balaban J connectivity index is 1.63. The van der Waals surface area contributed by atoms with Crippen molar-refractivity contribution in [3.8, 4) is 0 Å². The SMILES string of the molecule is O=C(CCc1cccc(Cl)c1)NCC(=O)NC1CCCCC1. The summed E-state index contributed by atoms with van der Waals surface area (Å²) in [5.41, 5.74) is 1.02. The van der Waals surface area contributed by atoms with Crippen LogP contribution in [0.25, 0.3) is 0 Å². The summed E-state index contributed by atoms with van der Waals surface area (Å²) in [6, 6.07) is 7.75. The highest BCUT2D eigenvalue weighted by Crippen LogP contribution is 2.17. The van der Waals surface area contributed by atoms with Gasteiger partial charge in [-0.2, -0.15) is 0 Å². The first-order valence-electron chi connectivity index (χ1n) is 7.94. The van der Waals surface area contributed by atoms with Crippen LogP contribution in [0.4, 0.5) is 0 Å². The topological polar surface area (TPSA) is 58.2 Å². The van der Waals surface area contributed by atoms with Gasteiger partial charge in [0.05, 0.1) is 6.54 Å². The van der Waals surface area contributed by atoms with Crippen LogP contribution in [-0.4, -0.2) is 24.4 Å². The molecule has 1 aromatic rings. The van der Waals surface area contributed by atoms with Crippen LogP contribution in [0.1, 0.15) is 44.1 Å². The van der Waals surface area contributed by atoms with Crippen molar-refractivity contribution in [2.75, 3.05) is 6.54 Å². The second-order valence-corrected chi connectivity index (χ2v) is 6.25. The maximum absolute atomic E-state index is 11.8. The van der Waals surface area contributed by atoms with Gasteiger partial charge in [0, 0.05) is 17.5 Å². The molecule has 0 heterocycles. The zero-order valence-corrected chi connectivity index (χ0v) is 13.5. The Kier molecular flexibility index (Phi) is 6.72. The largest absolute Gasteiger partial charge is 0.352 e. The summed E-state index contributed by atoms with van der Waals surface area (Å²) >= 11 is 5.90. The first-order valence-corrected chi connectivity index (χ1v) is 8.32. The number of amides is 2. The Morgan fingerprint density at radius 3 is 2.64 bits per heavy atom. The Hall–Kier alpha value is -1.55. The molecule has 0 aliphatic heterocycles. The van der Waals surface area contributed by atoms with Crippen LogP contribution in [0, 0.1) is 0 Å². The number of rotatable bonds is 6. The van der Waals surface area contributed by atoms with E-state index < -0.39 is 0 Å². The third-order valence-electron chi connectivity index (χ3n) is 3.95. The standard InChI is InChI=1S/C17H23ClN2O2/c18-14-6-4-5-13(11-14)9-10-16(21)19-12-17(22)20-15-7-2-1-3-8-15/h4-6,11,15H,1-3,7-10,12H2,(H,19,21)(H,20,22). The molecule has 0 bridgehead atoms. The summed E-state index contributed by atoms with van der Waals surface area (Å²) in [6.45, 7) is 0.0604. The molecule has 1 saturated carbocycles. The highest BCUT2D eigenvalue weighted by molar-refractivity contribution is 6.30. The lowest BCUT2D eigenvalue weighted by molar-refractivity contribution is -0.126. The fourth-order valence-corrected chi connectivity index (χ4v) is 2.96. The van der Waals surface area contributed by atoms with Crippen molar-refractivity contribution >= 4 is 23.4 Å². The van der Waals surface area contributed by atoms with Crippen molar-refractivity contribution in [3.63, 3.8) is 0 Å². The number of benzene rings is 1. The summed E-state index contributed by atoms with van der Waals surface area (Å²) in [7, 11) is 0. The highest BCUT2D eigenvalue weighted by atomic mass is 35.5. The minimum Gasteiger partial charge on any atom is -0.352 e. The van der Waals surface area contributed by atoms with E-state index in [-0.39, 0.29) is 24.4 Å². The van der Waals surface area contributed by atoms with Gasteiger partial charge in [-0.05, 0) is 37.0 Å². The molecule has 120 valence electrons. The number of aryl methyl sites for hydroxylation is 1. The number of carbonyl (C=O) groups is 2. The first-order chi connectivity index (χ1) is 10.6. The minimum absolute atomic E-state index is 0.0604. The van der Waals surface area contributed by atoms with Crippen LogP contribution in [-0.2, 0) is 16.0 Å². The Morgan fingerprint density at radius 1 is 1.14 bits per heavy atom. The number of nitrogens with one attached hydrogen (secondary N) is 2. The third kappa shape index (κ3) is 6.06. The van der Waals surface area contributed by atoms with Gasteiger partial charge in [0.1, 0.15) is 0 Å². The van der Waals surface area contributed by atoms with Crippen LogP contribution in [0.5, 0.6) is 0 Å². The van der Waals surface area contributed by atoms with Crippen LogP contribution in [0.3, 0.4) is 0 Å². The quantitative estimate of drug-likeness (QED) is 0.846. The zero-order valence-electron chi connectivity index (χ0n) is 12.7. The van der Waals surface area contributed by atoms with Crippen LogP contribution in [0.15, 0.2) is 24.3 Å². The van der Waals surface area contributed by atoms with Crippen molar-refractivity contribution in [2.45, 2.75) is 51.0 Å². The molecule has 4 nitrogen and oxygen atoms in total. The van der Waals surface area contributed by atoms with Gasteiger partial charge in [0.25, 0.3) is 0 Å². The monoisotopic (exact) mass is 322 g/mol. The van der Waals surface area contributed by atoms with Gasteiger partial charge >= 0.3 is 0 Å². The molecule has 0 atom stereocenters. The lowest BCUT2D eigenvalue weighted by Crippen LogP contribution is -2.42. The minimum atomic E-state index is -0.112. The highest BCUT2D eigenvalue weighted by Gasteiger charge is 2.15. The van der Waals surface area contributed by atoms with Gasteiger partial charge in [-0.1, -0.05) is 43.0 Å². The lowest BCUT2D eigenvalue weighted by Gasteiger charge is -2.22. The Labute approximate surface area is 136 Å². The van der Waals surface area contributed by atoms with E-state index in [2.05, 4.69) is 10.6 Å². The number of hydrogen-bond donors (Lipinski definition) is 2. The molecule has 0 saturated heterocycles. The van der Waals surface area contributed by atoms with Crippen molar-refractivity contribution in [3.05, 3.63) is 34.9 Å². The van der Waals surface area contributed by atoms with E-state index in [1.165, 1.54) is 19.3 Å². The van der Waals surface area contributed by atoms with Crippen LogP contribution in [0.2, 0.25) is 5.02 Å². The van der Waals surface area contributed by atoms with E-state index in [1.54, 1.807) is 6.07 Å². The molecule has 22 heavy (non-hydrogen) atoms. The van der Waals surface area contributed by atoms with E-state index in [1.807, 2.05) is 18.2 Å². The van der Waals surface area contributed by atoms with Crippen LogP contribution < -0.4 is 10.6 Å². The molecule has 5 heteroatoms. The lowest BCUT2D eigenvalue weighted by atomic mass is 9.95. The summed E-state index contributed by atoms with van der Waals surface area (Å²) in [4.78, 5) is 23.6. The van der Waals surface area contributed by atoms with Crippen molar-refractivity contribution in [2.24, 2.45) is 0 Å². The van der Waals surface area contributed by atoms with E-state index >= 15 is 0 Å². The maximum Gasteiger partial charge on any atom is 0.239 e. The number of hydrogen-bond acceptors (Lipinski definition) is 2. The predicted octanol–water partition coefficient (Wildman–Crippen LogP) is 2.84. The van der Waals surface area contributed by atoms with E-state index in [0.29, 0.717) is 17.9 Å². The van der Waals surface area contributed by atoms with Gasteiger partial charge < -0.3 is 10.6 Å². The molecule has 0 spiro atoms. The Morgan fingerprint density at radius 2 is 1.91 bits per heavy atom. The molecule has 2 rings (SSSR count). The first kappa shape index (κ1) is 16.8. The second-order valence-electron chi connectivity index (χ2n) is 5.81. The molecule has 0 unspecified atom stereocenters. The van der Waals surface area contributed by atoms with Crippen molar-refractivity contribution in [1.29, 1.82) is 0 Å². The van der Waals surface area contributed by atoms with Crippen molar-refractivity contribution in [1.82, 2.24) is 10.6 Å². The van der Waals surface area contributed by atoms with E-state index in [0.717, 1.165) is 18.4 Å². The van der Waals surface area contributed by atoms with Gasteiger partial charge in [0.2, 0.25) is 11.8 Å². The fourth-order valence-electron chi connectivity index (χ4n) is 2.74. The molecular weight excluding hydrogens is 300 g/mol. The second kappa shape index (κ2) is 8.79. The molecular formula is C17H23ClN2O2. The van der Waals surface area contributed by atoms with E-state index in [4.69, 9.17) is 11.6 Å². The smallest absolute Gasteiger partial charge is 0.239 e. The summed E-state index contributed by atoms with van der Waals surface area (Å²) < 4.78 is 0. The summed E-state index contributed by atoms with van der Waals surface area (Å²) in [5.74, 6) is -0.207. The summed E-state index contributed by atoms with van der Waals surface area (Å²) in [5, 5.41) is 6.33. The maximum atomic E-state index is 11.8. The summed E-state index contributed by atoms with van der Waals surface area (Å²) in [6.07, 6.45) is 6.69. The molecule has 1 aliphatic carbocycles. The van der Waals surface area contributed by atoms with Gasteiger partial charge in [-0.3, -0.25) is 9.59 Å². The van der Waals surface area contributed by atoms with Crippen molar-refractivity contribution < 1.29 is 9.59 Å². The number of halogens is 1. The fraction of sp³-hybridized carbons (Fsp3) is 0.529. The Bertz CT molecular complexity index is 513. The molecule has 0 radical (unpaired) electrons. The normalized spacial score (nSPS) is 15.3. The molecule has 0 aromatic heterocycles. The van der Waals surface area contributed by atoms with Gasteiger partial charge in [-0.25, -0.2) is 0 Å². The molecule has 2 amide bonds. The van der Waals surface area contributed by atoms with Gasteiger partial charge in [-0.15, -0.1) is 0 Å².